The summed E-state index contributed by atoms with van der Waals surface area (Å²) in [6.07, 6.45) is 1.24. The van der Waals surface area contributed by atoms with Crippen molar-refractivity contribution < 1.29 is 23.9 Å². The SMILES string of the molecule is O=C1C(=O)N(Cc2ccoc2C(=O)O)c2ccccc21. The van der Waals surface area contributed by atoms with Gasteiger partial charge in [-0.3, -0.25) is 9.59 Å². The van der Waals surface area contributed by atoms with Crippen molar-refractivity contribution >= 4 is 23.3 Å². The molecule has 20 heavy (non-hydrogen) atoms. The van der Waals surface area contributed by atoms with Crippen molar-refractivity contribution in [1.29, 1.82) is 0 Å². The minimum Gasteiger partial charge on any atom is -0.475 e. The molecule has 1 amide bonds. The Labute approximate surface area is 113 Å². The summed E-state index contributed by atoms with van der Waals surface area (Å²) < 4.78 is 4.86. The summed E-state index contributed by atoms with van der Waals surface area (Å²) in [5.41, 5.74) is 1.16. The number of furan rings is 1. The number of rotatable bonds is 3. The van der Waals surface area contributed by atoms with Gasteiger partial charge in [0, 0.05) is 5.56 Å². The van der Waals surface area contributed by atoms with Crippen LogP contribution in [0.4, 0.5) is 5.69 Å². The highest BCUT2D eigenvalue weighted by molar-refractivity contribution is 6.52. The summed E-state index contributed by atoms with van der Waals surface area (Å²) >= 11 is 0. The molecule has 100 valence electrons. The maximum atomic E-state index is 12.0. The largest absolute Gasteiger partial charge is 0.475 e. The van der Waals surface area contributed by atoms with Crippen molar-refractivity contribution in [3.63, 3.8) is 0 Å². The molecule has 0 spiro atoms. The van der Waals surface area contributed by atoms with Gasteiger partial charge in [0.15, 0.2) is 0 Å². The fraction of sp³-hybridized carbons (Fsp3) is 0.0714. The number of aromatic carboxylic acids is 1. The van der Waals surface area contributed by atoms with E-state index in [1.54, 1.807) is 24.3 Å². The second kappa shape index (κ2) is 4.34. The number of amides is 1. The number of hydrogen-bond acceptors (Lipinski definition) is 4. The molecule has 0 aliphatic carbocycles. The first-order chi connectivity index (χ1) is 9.59. The Morgan fingerprint density at radius 2 is 1.95 bits per heavy atom. The Morgan fingerprint density at radius 1 is 1.20 bits per heavy atom. The third kappa shape index (κ3) is 1.70. The van der Waals surface area contributed by atoms with E-state index in [2.05, 4.69) is 0 Å². The second-order valence-electron chi connectivity index (χ2n) is 4.32. The van der Waals surface area contributed by atoms with Gasteiger partial charge in [0.25, 0.3) is 11.7 Å². The summed E-state index contributed by atoms with van der Waals surface area (Å²) in [5.74, 6) is -2.68. The van der Waals surface area contributed by atoms with Gasteiger partial charge >= 0.3 is 5.97 Å². The van der Waals surface area contributed by atoms with Crippen LogP contribution in [0.25, 0.3) is 0 Å². The third-order valence-corrected chi connectivity index (χ3v) is 3.15. The van der Waals surface area contributed by atoms with Crippen LogP contribution >= 0.6 is 0 Å². The molecule has 0 radical (unpaired) electrons. The van der Waals surface area contributed by atoms with Crippen molar-refractivity contribution in [1.82, 2.24) is 0 Å². The summed E-state index contributed by atoms with van der Waals surface area (Å²) in [5, 5.41) is 8.98. The maximum absolute atomic E-state index is 12.0. The number of nitrogens with zero attached hydrogens (tertiary/aromatic N) is 1. The quantitative estimate of drug-likeness (QED) is 0.858. The zero-order chi connectivity index (χ0) is 14.3. The standard InChI is InChI=1S/C14H9NO5/c16-11-9-3-1-2-4-10(9)15(13(11)17)7-8-5-6-20-12(8)14(18)19/h1-6H,7H2,(H,18,19). The highest BCUT2D eigenvalue weighted by Gasteiger charge is 2.36. The minimum absolute atomic E-state index is 0.0142. The maximum Gasteiger partial charge on any atom is 0.372 e. The molecule has 3 rings (SSSR count). The molecule has 1 aromatic carbocycles. The van der Waals surface area contributed by atoms with Crippen LogP contribution in [0, 0.1) is 0 Å². The Morgan fingerprint density at radius 3 is 2.70 bits per heavy atom. The molecule has 2 heterocycles. The Hall–Kier alpha value is -2.89. The monoisotopic (exact) mass is 271 g/mol. The van der Waals surface area contributed by atoms with E-state index in [-0.39, 0.29) is 12.3 Å². The number of anilines is 1. The summed E-state index contributed by atoms with van der Waals surface area (Å²) in [6, 6.07) is 8.09. The van der Waals surface area contributed by atoms with Gasteiger partial charge in [-0.05, 0) is 18.2 Å². The molecular formula is C14H9NO5. The molecule has 1 aliphatic heterocycles. The summed E-state index contributed by atoms with van der Waals surface area (Å²) in [4.78, 5) is 36.0. The summed E-state index contributed by atoms with van der Waals surface area (Å²) in [6.45, 7) is -0.0142. The van der Waals surface area contributed by atoms with E-state index < -0.39 is 17.7 Å². The van der Waals surface area contributed by atoms with Crippen molar-refractivity contribution in [2.45, 2.75) is 6.54 Å². The van der Waals surface area contributed by atoms with Crippen molar-refractivity contribution in [3.05, 3.63) is 53.5 Å². The van der Waals surface area contributed by atoms with E-state index in [9.17, 15) is 14.4 Å². The summed E-state index contributed by atoms with van der Waals surface area (Å²) in [7, 11) is 0. The number of carbonyl (C=O) groups is 3. The Balaban J connectivity index is 1.99. The van der Waals surface area contributed by atoms with Gasteiger partial charge in [-0.1, -0.05) is 12.1 Å². The lowest BCUT2D eigenvalue weighted by molar-refractivity contribution is -0.114. The van der Waals surface area contributed by atoms with Crippen molar-refractivity contribution in [2.75, 3.05) is 4.90 Å². The lowest BCUT2D eigenvalue weighted by atomic mass is 10.1. The number of fused-ring (bicyclic) bond motifs is 1. The predicted molar refractivity (Wildman–Crippen MR) is 67.6 cm³/mol. The van der Waals surface area contributed by atoms with Gasteiger partial charge < -0.3 is 14.4 Å². The number of para-hydroxylation sites is 1. The van der Waals surface area contributed by atoms with E-state index in [1.807, 2.05) is 0 Å². The van der Waals surface area contributed by atoms with E-state index in [4.69, 9.17) is 9.52 Å². The second-order valence-corrected chi connectivity index (χ2v) is 4.32. The minimum atomic E-state index is -1.21. The van der Waals surface area contributed by atoms with Crippen LogP contribution in [0.15, 0.2) is 41.0 Å². The molecule has 0 saturated heterocycles. The van der Waals surface area contributed by atoms with Crippen LogP contribution in [0.1, 0.15) is 26.5 Å². The highest BCUT2D eigenvalue weighted by atomic mass is 16.4. The molecule has 0 unspecified atom stereocenters. The van der Waals surface area contributed by atoms with E-state index in [0.29, 0.717) is 16.8 Å². The number of benzene rings is 1. The van der Waals surface area contributed by atoms with Gasteiger partial charge in [0.1, 0.15) is 0 Å². The van der Waals surface area contributed by atoms with Crippen LogP contribution < -0.4 is 4.90 Å². The molecule has 0 saturated carbocycles. The van der Waals surface area contributed by atoms with Crippen molar-refractivity contribution in [3.8, 4) is 0 Å². The van der Waals surface area contributed by atoms with E-state index >= 15 is 0 Å². The zero-order valence-corrected chi connectivity index (χ0v) is 10.2. The number of carboxylic acids is 1. The normalized spacial score (nSPS) is 13.7. The molecule has 1 aliphatic rings. The topological polar surface area (TPSA) is 87.8 Å². The van der Waals surface area contributed by atoms with E-state index in [1.165, 1.54) is 17.2 Å². The molecule has 0 bridgehead atoms. The molecule has 6 nitrogen and oxygen atoms in total. The fourth-order valence-electron chi connectivity index (χ4n) is 2.22. The lowest BCUT2D eigenvalue weighted by Gasteiger charge is -2.15. The molecule has 0 fully saturated rings. The predicted octanol–water partition coefficient (Wildman–Crippen LogP) is 1.71. The first-order valence-electron chi connectivity index (χ1n) is 5.84. The van der Waals surface area contributed by atoms with Crippen molar-refractivity contribution in [2.24, 2.45) is 0 Å². The smallest absolute Gasteiger partial charge is 0.372 e. The van der Waals surface area contributed by atoms with Gasteiger partial charge in [0.2, 0.25) is 5.76 Å². The number of carbonyl (C=O) groups excluding carboxylic acids is 2. The third-order valence-electron chi connectivity index (χ3n) is 3.15. The van der Waals surface area contributed by atoms with Crippen LogP contribution in [-0.4, -0.2) is 22.8 Å². The van der Waals surface area contributed by atoms with Gasteiger partial charge in [0.05, 0.1) is 24.1 Å². The van der Waals surface area contributed by atoms with Gasteiger partial charge in [-0.25, -0.2) is 4.79 Å². The molecular weight excluding hydrogens is 262 g/mol. The fourth-order valence-corrected chi connectivity index (χ4v) is 2.22. The van der Waals surface area contributed by atoms with E-state index in [0.717, 1.165) is 0 Å². The molecule has 1 aromatic heterocycles. The average Bonchev–Trinajstić information content (AvgIpc) is 2.99. The average molecular weight is 271 g/mol. The van der Waals surface area contributed by atoms with Gasteiger partial charge in [-0.15, -0.1) is 0 Å². The molecule has 1 N–H and O–H groups in total. The first kappa shape index (κ1) is 12.2. The highest BCUT2D eigenvalue weighted by Crippen LogP contribution is 2.30. The lowest BCUT2D eigenvalue weighted by Crippen LogP contribution is -2.29. The Bertz CT molecular complexity index is 731. The van der Waals surface area contributed by atoms with Gasteiger partial charge in [-0.2, -0.15) is 0 Å². The number of carboxylic acid groups (broad SMARTS) is 1. The number of hydrogen-bond donors (Lipinski definition) is 1. The molecule has 2 aromatic rings. The number of ketones is 1. The Kier molecular flexibility index (Phi) is 2.64. The molecule has 0 atom stereocenters. The van der Waals surface area contributed by atoms with Crippen LogP contribution in [0.3, 0.4) is 0 Å². The van der Waals surface area contributed by atoms with Crippen LogP contribution in [-0.2, 0) is 11.3 Å². The first-order valence-corrected chi connectivity index (χ1v) is 5.84. The van der Waals surface area contributed by atoms with Crippen LogP contribution in [0.5, 0.6) is 0 Å². The van der Waals surface area contributed by atoms with Crippen LogP contribution in [0.2, 0.25) is 0 Å². The molecule has 6 heteroatoms. The number of Topliss-reactive ketones (excluding diaryl/α,β-unsaturated/α-hetero) is 1. The zero-order valence-electron chi connectivity index (χ0n) is 10.2.